The lowest BCUT2D eigenvalue weighted by Gasteiger charge is -2.16. The van der Waals surface area contributed by atoms with Crippen LogP contribution < -0.4 is 10.6 Å². The van der Waals surface area contributed by atoms with Crippen molar-refractivity contribution < 1.29 is 22.4 Å². The summed E-state index contributed by atoms with van der Waals surface area (Å²) in [5, 5.41) is 12.7. The van der Waals surface area contributed by atoms with Crippen LogP contribution in [-0.4, -0.2) is 24.9 Å². The van der Waals surface area contributed by atoms with Crippen molar-refractivity contribution in [3.8, 4) is 6.07 Å². The van der Waals surface area contributed by atoms with Gasteiger partial charge in [-0.25, -0.2) is 13.6 Å². The minimum Gasteiger partial charge on any atom is -0.332 e. The highest BCUT2D eigenvalue weighted by Crippen LogP contribution is 2.22. The van der Waals surface area contributed by atoms with Crippen molar-refractivity contribution in [1.29, 1.82) is 5.26 Å². The van der Waals surface area contributed by atoms with Gasteiger partial charge in [0.15, 0.2) is 0 Å². The predicted molar refractivity (Wildman–Crippen MR) is 63.9 cm³/mol. The first kappa shape index (κ1) is 15.8. The van der Waals surface area contributed by atoms with Crippen LogP contribution in [0.3, 0.4) is 0 Å². The topological polar surface area (TPSA) is 64.9 Å². The minimum absolute atomic E-state index is 0.238. The van der Waals surface area contributed by atoms with Gasteiger partial charge in [-0.05, 0) is 24.6 Å². The first-order chi connectivity index (χ1) is 9.27. The Kier molecular flexibility index (Phi) is 4.91. The number of urea groups is 1. The second kappa shape index (κ2) is 6.23. The minimum atomic E-state index is -4.29. The summed E-state index contributed by atoms with van der Waals surface area (Å²) in [7, 11) is 0. The van der Waals surface area contributed by atoms with E-state index >= 15 is 0 Å². The van der Waals surface area contributed by atoms with Gasteiger partial charge in [-0.2, -0.15) is 14.0 Å². The largest absolute Gasteiger partial charge is 0.332 e. The lowest BCUT2D eigenvalue weighted by molar-refractivity contribution is -0.123. The van der Waals surface area contributed by atoms with E-state index in [1.807, 2.05) is 6.07 Å². The lowest BCUT2D eigenvalue weighted by atomic mass is 10.1. The molecule has 8 heteroatoms. The molecule has 1 rings (SSSR count). The molecule has 0 aliphatic heterocycles. The van der Waals surface area contributed by atoms with Gasteiger partial charge in [0, 0.05) is 5.69 Å². The fourth-order valence-electron chi connectivity index (χ4n) is 1.33. The predicted octanol–water partition coefficient (Wildman–Crippen LogP) is 2.89. The smallest absolute Gasteiger partial charge is 0.324 e. The molecular weight excluding hydrogens is 278 g/mol. The van der Waals surface area contributed by atoms with Crippen LogP contribution in [0.1, 0.15) is 11.1 Å². The Morgan fingerprint density at radius 2 is 2.10 bits per heavy atom. The fourth-order valence-corrected chi connectivity index (χ4v) is 1.33. The Bertz CT molecular complexity index is 540. The average Bonchev–Trinajstić information content (AvgIpc) is 2.39. The van der Waals surface area contributed by atoms with Gasteiger partial charge in [-0.15, -0.1) is 0 Å². The lowest BCUT2D eigenvalue weighted by Crippen LogP contribution is -2.43. The van der Waals surface area contributed by atoms with Crippen LogP contribution in [0.4, 0.5) is 28.0 Å². The first-order valence-corrected chi connectivity index (χ1v) is 5.48. The highest BCUT2D eigenvalue weighted by atomic mass is 19.3. The van der Waals surface area contributed by atoms with E-state index in [2.05, 4.69) is 5.32 Å². The molecule has 0 heterocycles. The molecule has 0 bridgehead atoms. The monoisotopic (exact) mass is 289 g/mol. The summed E-state index contributed by atoms with van der Waals surface area (Å²) in [6, 6.07) is 5.31. The van der Waals surface area contributed by atoms with Crippen molar-refractivity contribution in [3.05, 3.63) is 29.3 Å². The van der Waals surface area contributed by atoms with Crippen LogP contribution in [0, 0.1) is 18.3 Å². The summed E-state index contributed by atoms with van der Waals surface area (Å²) < 4.78 is 49.0. The molecule has 20 heavy (non-hydrogen) atoms. The van der Waals surface area contributed by atoms with Gasteiger partial charge in [0.2, 0.25) is 0 Å². The number of carbonyl (C=O) groups excluding carboxylic acids is 1. The maximum absolute atomic E-state index is 12.6. The number of benzene rings is 1. The Hall–Kier alpha value is -2.30. The van der Waals surface area contributed by atoms with E-state index in [4.69, 9.17) is 5.26 Å². The van der Waals surface area contributed by atoms with E-state index in [9.17, 15) is 22.4 Å². The van der Waals surface area contributed by atoms with Gasteiger partial charge in [0.1, 0.15) is 0 Å². The molecule has 0 aromatic heterocycles. The van der Waals surface area contributed by atoms with Crippen LogP contribution in [0.2, 0.25) is 0 Å². The summed E-state index contributed by atoms with van der Waals surface area (Å²) in [5.74, 6) is -4.29. The zero-order chi connectivity index (χ0) is 15.3. The molecule has 0 spiro atoms. The molecule has 0 unspecified atom stereocenters. The first-order valence-electron chi connectivity index (χ1n) is 5.48. The summed E-state index contributed by atoms with van der Waals surface area (Å²) in [5.41, 5.74) is 0.994. The zero-order valence-electron chi connectivity index (χ0n) is 10.4. The summed E-state index contributed by atoms with van der Waals surface area (Å²) in [6.45, 7) is 0.0788. The molecule has 0 fully saturated rings. The third kappa shape index (κ3) is 3.85. The number of nitriles is 1. The van der Waals surface area contributed by atoms with E-state index in [0.717, 1.165) is 0 Å². The highest BCUT2D eigenvalue weighted by Gasteiger charge is 2.40. The number of carbonyl (C=O) groups is 1. The third-order valence-electron chi connectivity index (χ3n) is 2.51. The second-order valence-corrected chi connectivity index (χ2v) is 3.96. The van der Waals surface area contributed by atoms with Crippen LogP contribution in [0.25, 0.3) is 0 Å². The van der Waals surface area contributed by atoms with Crippen molar-refractivity contribution in [3.63, 3.8) is 0 Å². The molecule has 1 aromatic rings. The average molecular weight is 289 g/mol. The van der Waals surface area contributed by atoms with E-state index in [1.54, 1.807) is 12.2 Å². The van der Waals surface area contributed by atoms with Crippen molar-refractivity contribution in [1.82, 2.24) is 5.32 Å². The normalized spacial score (nSPS) is 11.1. The molecule has 108 valence electrons. The molecule has 0 saturated heterocycles. The molecule has 0 atom stereocenters. The molecule has 2 N–H and O–H groups in total. The van der Waals surface area contributed by atoms with E-state index in [1.165, 1.54) is 18.2 Å². The number of anilines is 1. The van der Waals surface area contributed by atoms with Crippen molar-refractivity contribution in [2.24, 2.45) is 0 Å². The van der Waals surface area contributed by atoms with E-state index in [-0.39, 0.29) is 5.69 Å². The van der Waals surface area contributed by atoms with Crippen LogP contribution in [-0.2, 0) is 0 Å². The van der Waals surface area contributed by atoms with E-state index < -0.39 is 24.9 Å². The fraction of sp³-hybridized carbons (Fsp3) is 0.333. The standard InChI is InChI=1S/C12H11F4N3O/c1-7-8(5-17)3-2-4-9(7)19-11(20)18-6-12(15,16)10(13)14/h2-4,10H,6H2,1H3,(H2,18,19,20). The number of hydrogen-bond donors (Lipinski definition) is 2. The van der Waals surface area contributed by atoms with Crippen LogP contribution in [0.5, 0.6) is 0 Å². The van der Waals surface area contributed by atoms with Gasteiger partial charge in [0.25, 0.3) is 0 Å². The Morgan fingerprint density at radius 3 is 2.65 bits per heavy atom. The zero-order valence-corrected chi connectivity index (χ0v) is 10.4. The molecule has 0 radical (unpaired) electrons. The van der Waals surface area contributed by atoms with Crippen molar-refractivity contribution in [2.75, 3.05) is 11.9 Å². The van der Waals surface area contributed by atoms with Gasteiger partial charge in [-0.3, -0.25) is 0 Å². The molecule has 2 amide bonds. The maximum atomic E-state index is 12.6. The maximum Gasteiger partial charge on any atom is 0.324 e. The number of alkyl halides is 4. The van der Waals surface area contributed by atoms with Crippen molar-refractivity contribution in [2.45, 2.75) is 19.3 Å². The van der Waals surface area contributed by atoms with E-state index in [0.29, 0.717) is 11.1 Å². The Labute approximate surface area is 112 Å². The summed E-state index contributed by atoms with van der Waals surface area (Å²) in [6.07, 6.45) is -3.86. The SMILES string of the molecule is Cc1c(C#N)cccc1NC(=O)NCC(F)(F)C(F)F. The number of halogens is 4. The molecule has 1 aromatic carbocycles. The number of nitrogens with one attached hydrogen (secondary N) is 2. The third-order valence-corrected chi connectivity index (χ3v) is 2.51. The van der Waals surface area contributed by atoms with Crippen LogP contribution in [0.15, 0.2) is 18.2 Å². The van der Waals surface area contributed by atoms with Crippen molar-refractivity contribution >= 4 is 11.7 Å². The molecule has 0 aliphatic carbocycles. The van der Waals surface area contributed by atoms with Gasteiger partial charge >= 0.3 is 18.4 Å². The number of amides is 2. The second-order valence-electron chi connectivity index (χ2n) is 3.96. The number of rotatable bonds is 4. The molecular formula is C12H11F4N3O. The molecule has 0 saturated carbocycles. The van der Waals surface area contributed by atoms with Gasteiger partial charge < -0.3 is 10.6 Å². The highest BCUT2D eigenvalue weighted by molar-refractivity contribution is 5.90. The Morgan fingerprint density at radius 1 is 1.45 bits per heavy atom. The summed E-state index contributed by atoms with van der Waals surface area (Å²) >= 11 is 0. The Balaban J connectivity index is 2.67. The number of hydrogen-bond acceptors (Lipinski definition) is 2. The van der Waals surface area contributed by atoms with Gasteiger partial charge in [0.05, 0.1) is 18.2 Å². The van der Waals surface area contributed by atoms with Gasteiger partial charge in [-0.1, -0.05) is 6.07 Å². The van der Waals surface area contributed by atoms with Crippen LogP contribution >= 0.6 is 0 Å². The molecule has 0 aliphatic rings. The summed E-state index contributed by atoms with van der Waals surface area (Å²) in [4.78, 5) is 11.4. The molecule has 4 nitrogen and oxygen atoms in total. The quantitative estimate of drug-likeness (QED) is 0.837. The number of nitrogens with zero attached hydrogens (tertiary/aromatic N) is 1.